The summed E-state index contributed by atoms with van der Waals surface area (Å²) in [7, 11) is 0. The van der Waals surface area contributed by atoms with E-state index in [4.69, 9.17) is 10.6 Å². The zero-order chi connectivity index (χ0) is 14.1. The van der Waals surface area contributed by atoms with E-state index in [1.54, 1.807) is 0 Å². The summed E-state index contributed by atoms with van der Waals surface area (Å²) in [5.74, 6) is 6.05. The van der Waals surface area contributed by atoms with E-state index in [1.807, 2.05) is 6.92 Å². The summed E-state index contributed by atoms with van der Waals surface area (Å²) in [4.78, 5) is 14.6. The average molecular weight is 269 g/mol. The number of nitrogens with two attached hydrogens (primary N) is 1. The van der Waals surface area contributed by atoms with Gasteiger partial charge in [0.25, 0.3) is 0 Å². The van der Waals surface area contributed by atoms with Crippen LogP contribution in [0, 0.1) is 0 Å². The molecule has 1 heterocycles. The summed E-state index contributed by atoms with van der Waals surface area (Å²) in [6.07, 6.45) is 0. The van der Waals surface area contributed by atoms with E-state index >= 15 is 0 Å². The average Bonchev–Trinajstić information content (AvgIpc) is 2.43. The molecule has 0 radical (unpaired) electrons. The molecule has 0 saturated heterocycles. The lowest BCUT2D eigenvalue weighted by Crippen LogP contribution is -2.29. The van der Waals surface area contributed by atoms with Crippen molar-refractivity contribution in [1.82, 2.24) is 19.9 Å². The topological polar surface area (TPSA) is 101 Å². The lowest BCUT2D eigenvalue weighted by atomic mass is 10.4. The van der Waals surface area contributed by atoms with Crippen molar-refractivity contribution >= 4 is 11.9 Å². The van der Waals surface area contributed by atoms with Crippen LogP contribution in [0.25, 0.3) is 0 Å². The Kier molecular flexibility index (Phi) is 6.83. The largest absolute Gasteiger partial charge is 0.464 e. The van der Waals surface area contributed by atoms with Crippen LogP contribution in [0.5, 0.6) is 6.01 Å². The monoisotopic (exact) mass is 269 g/mol. The van der Waals surface area contributed by atoms with Gasteiger partial charge in [-0.05, 0) is 20.0 Å². The van der Waals surface area contributed by atoms with Gasteiger partial charge in [-0.25, -0.2) is 5.84 Å². The molecule has 0 amide bonds. The SMILES string of the molecule is CCOc1nc(NN)nc(NCCN(CC)CC)n1. The van der Waals surface area contributed by atoms with Gasteiger partial charge in [-0.2, -0.15) is 15.0 Å². The van der Waals surface area contributed by atoms with Gasteiger partial charge in [-0.1, -0.05) is 13.8 Å². The van der Waals surface area contributed by atoms with E-state index in [2.05, 4.69) is 44.4 Å². The maximum Gasteiger partial charge on any atom is 0.323 e. The third kappa shape index (κ3) is 5.23. The third-order valence-corrected chi connectivity index (χ3v) is 2.62. The fourth-order valence-electron chi connectivity index (χ4n) is 1.56. The lowest BCUT2D eigenvalue weighted by Gasteiger charge is -2.18. The molecule has 0 aliphatic heterocycles. The molecule has 0 unspecified atom stereocenters. The van der Waals surface area contributed by atoms with Crippen LogP contribution >= 0.6 is 0 Å². The minimum Gasteiger partial charge on any atom is -0.464 e. The number of nitrogens with one attached hydrogen (secondary N) is 2. The zero-order valence-corrected chi connectivity index (χ0v) is 11.8. The smallest absolute Gasteiger partial charge is 0.323 e. The van der Waals surface area contributed by atoms with Crippen molar-refractivity contribution in [3.8, 4) is 6.01 Å². The van der Waals surface area contributed by atoms with Crippen molar-refractivity contribution in [3.05, 3.63) is 0 Å². The van der Waals surface area contributed by atoms with Crippen LogP contribution in [0.4, 0.5) is 11.9 Å². The highest BCUT2D eigenvalue weighted by Crippen LogP contribution is 2.09. The van der Waals surface area contributed by atoms with E-state index in [1.165, 1.54) is 0 Å². The number of aromatic nitrogens is 3. The van der Waals surface area contributed by atoms with Gasteiger partial charge < -0.3 is 15.0 Å². The molecule has 1 aromatic rings. The van der Waals surface area contributed by atoms with Gasteiger partial charge in [0.05, 0.1) is 6.61 Å². The molecule has 1 aromatic heterocycles. The Morgan fingerprint density at radius 3 is 2.37 bits per heavy atom. The maximum atomic E-state index is 5.31. The van der Waals surface area contributed by atoms with Gasteiger partial charge in [-0.3, -0.25) is 5.43 Å². The molecule has 0 spiro atoms. The van der Waals surface area contributed by atoms with Gasteiger partial charge in [0.1, 0.15) is 0 Å². The molecule has 1 rings (SSSR count). The summed E-state index contributed by atoms with van der Waals surface area (Å²) < 4.78 is 5.25. The van der Waals surface area contributed by atoms with E-state index in [-0.39, 0.29) is 12.0 Å². The highest BCUT2D eigenvalue weighted by molar-refractivity contribution is 5.34. The predicted molar refractivity (Wildman–Crippen MR) is 75.1 cm³/mol. The Morgan fingerprint density at radius 1 is 1.11 bits per heavy atom. The highest BCUT2D eigenvalue weighted by atomic mass is 16.5. The van der Waals surface area contributed by atoms with Crippen molar-refractivity contribution in [2.24, 2.45) is 5.84 Å². The predicted octanol–water partition coefficient (Wildman–Crippen LogP) is 0.310. The van der Waals surface area contributed by atoms with Crippen molar-refractivity contribution < 1.29 is 4.74 Å². The van der Waals surface area contributed by atoms with Crippen molar-refractivity contribution in [3.63, 3.8) is 0 Å². The Morgan fingerprint density at radius 2 is 1.79 bits per heavy atom. The summed E-state index contributed by atoms with van der Waals surface area (Å²) >= 11 is 0. The summed E-state index contributed by atoms with van der Waals surface area (Å²) in [5.41, 5.74) is 2.40. The first-order chi connectivity index (χ1) is 9.23. The van der Waals surface area contributed by atoms with Gasteiger partial charge >= 0.3 is 6.01 Å². The zero-order valence-electron chi connectivity index (χ0n) is 11.8. The first-order valence-electron chi connectivity index (χ1n) is 6.55. The van der Waals surface area contributed by atoms with E-state index in [0.717, 1.165) is 26.2 Å². The van der Waals surface area contributed by atoms with Crippen molar-refractivity contribution in [2.75, 3.05) is 43.5 Å². The number of likely N-dealkylation sites (N-methyl/N-ethyl adjacent to an activating group) is 1. The third-order valence-electron chi connectivity index (χ3n) is 2.62. The molecule has 0 aliphatic carbocycles. The molecule has 0 atom stereocenters. The van der Waals surface area contributed by atoms with Gasteiger partial charge in [0.2, 0.25) is 11.9 Å². The number of rotatable bonds is 9. The standard InChI is InChI=1S/C11H23N7O/c1-4-18(5-2)8-7-13-9-14-10(17-12)16-11(15-9)19-6-3/h4-8,12H2,1-3H3,(H2,13,14,15,16,17). The number of hydrogen-bond donors (Lipinski definition) is 3. The minimum atomic E-state index is 0.260. The normalized spacial score (nSPS) is 10.6. The molecular weight excluding hydrogens is 246 g/mol. The lowest BCUT2D eigenvalue weighted by molar-refractivity contribution is 0.310. The van der Waals surface area contributed by atoms with Crippen LogP contribution in [-0.2, 0) is 0 Å². The second kappa shape index (κ2) is 8.44. The Balaban J connectivity index is 2.58. The molecule has 108 valence electrons. The molecule has 8 nitrogen and oxygen atoms in total. The summed E-state index contributed by atoms with van der Waals surface area (Å²) in [5, 5.41) is 3.14. The Hall–Kier alpha value is -1.67. The molecule has 0 saturated carbocycles. The quantitative estimate of drug-likeness (QED) is 0.435. The van der Waals surface area contributed by atoms with Crippen LogP contribution in [-0.4, -0.2) is 52.6 Å². The fourth-order valence-corrected chi connectivity index (χ4v) is 1.56. The van der Waals surface area contributed by atoms with Crippen LogP contribution in [0.3, 0.4) is 0 Å². The van der Waals surface area contributed by atoms with Crippen molar-refractivity contribution in [2.45, 2.75) is 20.8 Å². The van der Waals surface area contributed by atoms with Crippen LogP contribution < -0.4 is 21.3 Å². The fraction of sp³-hybridized carbons (Fsp3) is 0.727. The number of anilines is 2. The summed E-state index contributed by atoms with van der Waals surface area (Å²) in [6.45, 7) is 10.4. The van der Waals surface area contributed by atoms with E-state index in [0.29, 0.717) is 12.6 Å². The molecule has 4 N–H and O–H groups in total. The van der Waals surface area contributed by atoms with Crippen LogP contribution in [0.2, 0.25) is 0 Å². The molecule has 8 heteroatoms. The number of nitrogens with zero attached hydrogens (tertiary/aromatic N) is 4. The first-order valence-corrected chi connectivity index (χ1v) is 6.55. The van der Waals surface area contributed by atoms with E-state index in [9.17, 15) is 0 Å². The molecular formula is C11H23N7O. The number of hydrazine groups is 1. The van der Waals surface area contributed by atoms with E-state index < -0.39 is 0 Å². The first kappa shape index (κ1) is 15.4. The minimum absolute atomic E-state index is 0.260. The molecule has 19 heavy (non-hydrogen) atoms. The summed E-state index contributed by atoms with van der Waals surface area (Å²) in [6, 6.07) is 0.260. The molecule has 0 aromatic carbocycles. The van der Waals surface area contributed by atoms with Gasteiger partial charge in [0.15, 0.2) is 0 Å². The van der Waals surface area contributed by atoms with Crippen molar-refractivity contribution in [1.29, 1.82) is 0 Å². The molecule has 0 fully saturated rings. The molecule has 0 bridgehead atoms. The highest BCUT2D eigenvalue weighted by Gasteiger charge is 2.06. The number of ether oxygens (including phenoxy) is 1. The van der Waals surface area contributed by atoms with Gasteiger partial charge in [-0.15, -0.1) is 0 Å². The Bertz CT molecular complexity index is 370. The second-order valence-electron chi connectivity index (χ2n) is 3.80. The second-order valence-corrected chi connectivity index (χ2v) is 3.80. The maximum absolute atomic E-state index is 5.31. The van der Waals surface area contributed by atoms with Crippen LogP contribution in [0.15, 0.2) is 0 Å². The Labute approximate surface area is 113 Å². The molecule has 0 aliphatic rings. The number of hydrogen-bond acceptors (Lipinski definition) is 8. The van der Waals surface area contributed by atoms with Gasteiger partial charge in [0, 0.05) is 13.1 Å². The van der Waals surface area contributed by atoms with Crippen LogP contribution in [0.1, 0.15) is 20.8 Å². The number of nitrogen functional groups attached to an aromatic ring is 1.